The molecule has 0 fully saturated rings. The first kappa shape index (κ1) is 16.0. The van der Waals surface area contributed by atoms with Crippen LogP contribution >= 0.6 is 15.9 Å². The SMILES string of the molecule is CCN(CC)CCCNC(=O)Nc1ccccc1Br. The molecule has 2 N–H and O–H groups in total. The number of rotatable bonds is 7. The maximum Gasteiger partial charge on any atom is 0.319 e. The lowest BCUT2D eigenvalue weighted by Crippen LogP contribution is -2.32. The monoisotopic (exact) mass is 327 g/mol. The lowest BCUT2D eigenvalue weighted by atomic mass is 10.3. The summed E-state index contributed by atoms with van der Waals surface area (Å²) in [5, 5.41) is 5.68. The smallest absolute Gasteiger partial charge is 0.319 e. The number of carbonyl (C=O) groups excluding carboxylic acids is 1. The van der Waals surface area contributed by atoms with Crippen LogP contribution in [-0.4, -0.2) is 37.1 Å². The van der Waals surface area contributed by atoms with Gasteiger partial charge in [-0.15, -0.1) is 0 Å². The van der Waals surface area contributed by atoms with Gasteiger partial charge in [0.05, 0.1) is 5.69 Å². The topological polar surface area (TPSA) is 44.4 Å². The van der Waals surface area contributed by atoms with E-state index < -0.39 is 0 Å². The van der Waals surface area contributed by atoms with E-state index >= 15 is 0 Å². The van der Waals surface area contributed by atoms with Crippen molar-refractivity contribution in [1.29, 1.82) is 0 Å². The van der Waals surface area contributed by atoms with Crippen LogP contribution in [0.5, 0.6) is 0 Å². The number of benzene rings is 1. The third-order valence-electron chi connectivity index (χ3n) is 2.95. The first-order valence-electron chi connectivity index (χ1n) is 6.69. The Labute approximate surface area is 123 Å². The maximum absolute atomic E-state index is 11.7. The highest BCUT2D eigenvalue weighted by atomic mass is 79.9. The predicted octanol–water partition coefficient (Wildman–Crippen LogP) is 3.30. The highest BCUT2D eigenvalue weighted by Gasteiger charge is 2.04. The molecular formula is C14H22BrN3O. The molecule has 0 atom stereocenters. The number of para-hydroxylation sites is 1. The fourth-order valence-corrected chi connectivity index (χ4v) is 2.16. The molecule has 5 heteroatoms. The predicted molar refractivity (Wildman–Crippen MR) is 83.6 cm³/mol. The quantitative estimate of drug-likeness (QED) is 0.754. The van der Waals surface area contributed by atoms with Crippen LogP contribution in [0, 0.1) is 0 Å². The van der Waals surface area contributed by atoms with E-state index in [0.29, 0.717) is 6.54 Å². The Balaban J connectivity index is 2.24. The molecular weight excluding hydrogens is 306 g/mol. The Bertz CT molecular complexity index is 394. The second-order valence-corrected chi connectivity index (χ2v) is 5.10. The number of halogens is 1. The van der Waals surface area contributed by atoms with Gasteiger partial charge in [-0.3, -0.25) is 0 Å². The molecule has 106 valence electrons. The van der Waals surface area contributed by atoms with Crippen molar-refractivity contribution in [3.63, 3.8) is 0 Å². The van der Waals surface area contributed by atoms with Gasteiger partial charge in [-0.05, 0) is 54.1 Å². The third-order valence-corrected chi connectivity index (χ3v) is 3.64. The van der Waals surface area contributed by atoms with Gasteiger partial charge in [0.2, 0.25) is 0 Å². The summed E-state index contributed by atoms with van der Waals surface area (Å²) in [7, 11) is 0. The summed E-state index contributed by atoms with van der Waals surface area (Å²) < 4.78 is 0.883. The summed E-state index contributed by atoms with van der Waals surface area (Å²) in [5.41, 5.74) is 0.781. The molecule has 0 radical (unpaired) electrons. The molecule has 0 bridgehead atoms. The van der Waals surface area contributed by atoms with Gasteiger partial charge in [0, 0.05) is 11.0 Å². The van der Waals surface area contributed by atoms with Crippen molar-refractivity contribution in [2.45, 2.75) is 20.3 Å². The molecule has 0 saturated heterocycles. The van der Waals surface area contributed by atoms with E-state index in [2.05, 4.69) is 45.3 Å². The Hall–Kier alpha value is -1.07. The number of hydrogen-bond donors (Lipinski definition) is 2. The lowest BCUT2D eigenvalue weighted by Gasteiger charge is -2.17. The van der Waals surface area contributed by atoms with Gasteiger partial charge < -0.3 is 15.5 Å². The van der Waals surface area contributed by atoms with Gasteiger partial charge >= 0.3 is 6.03 Å². The molecule has 0 saturated carbocycles. The minimum absolute atomic E-state index is 0.161. The average Bonchev–Trinajstić information content (AvgIpc) is 2.42. The van der Waals surface area contributed by atoms with E-state index in [9.17, 15) is 4.79 Å². The lowest BCUT2D eigenvalue weighted by molar-refractivity contribution is 0.250. The first-order valence-corrected chi connectivity index (χ1v) is 7.48. The fraction of sp³-hybridized carbons (Fsp3) is 0.500. The highest BCUT2D eigenvalue weighted by Crippen LogP contribution is 2.20. The Morgan fingerprint density at radius 3 is 2.58 bits per heavy atom. The van der Waals surface area contributed by atoms with Crippen LogP contribution in [0.1, 0.15) is 20.3 Å². The van der Waals surface area contributed by atoms with Crippen LogP contribution in [0.2, 0.25) is 0 Å². The van der Waals surface area contributed by atoms with E-state index in [1.807, 2.05) is 24.3 Å². The minimum atomic E-state index is -0.161. The first-order chi connectivity index (χ1) is 9.17. The molecule has 0 spiro atoms. The summed E-state index contributed by atoms with van der Waals surface area (Å²) in [6, 6.07) is 7.40. The van der Waals surface area contributed by atoms with Crippen LogP contribution in [0.3, 0.4) is 0 Å². The second kappa shape index (κ2) is 8.93. The van der Waals surface area contributed by atoms with Crippen molar-refractivity contribution in [2.75, 3.05) is 31.5 Å². The van der Waals surface area contributed by atoms with Crippen LogP contribution in [0.4, 0.5) is 10.5 Å². The highest BCUT2D eigenvalue weighted by molar-refractivity contribution is 9.10. The molecule has 0 aromatic heterocycles. The minimum Gasteiger partial charge on any atom is -0.338 e. The zero-order valence-corrected chi connectivity index (χ0v) is 13.2. The van der Waals surface area contributed by atoms with Crippen LogP contribution in [0.15, 0.2) is 28.7 Å². The standard InChI is InChI=1S/C14H22BrN3O/c1-3-18(4-2)11-7-10-16-14(19)17-13-9-6-5-8-12(13)15/h5-6,8-9H,3-4,7,10-11H2,1-2H3,(H2,16,17,19). The zero-order valence-electron chi connectivity index (χ0n) is 11.6. The number of nitrogens with one attached hydrogen (secondary N) is 2. The average molecular weight is 328 g/mol. The van der Waals surface area contributed by atoms with Crippen molar-refractivity contribution in [1.82, 2.24) is 10.2 Å². The van der Waals surface area contributed by atoms with Gasteiger partial charge in [0.25, 0.3) is 0 Å². The van der Waals surface area contributed by atoms with E-state index in [-0.39, 0.29) is 6.03 Å². The number of nitrogens with zero attached hydrogens (tertiary/aromatic N) is 1. The zero-order chi connectivity index (χ0) is 14.1. The van der Waals surface area contributed by atoms with Crippen LogP contribution in [-0.2, 0) is 0 Å². The van der Waals surface area contributed by atoms with E-state index in [0.717, 1.165) is 36.2 Å². The summed E-state index contributed by atoms with van der Waals surface area (Å²) in [6.45, 7) is 8.11. The van der Waals surface area contributed by atoms with Gasteiger partial charge in [0.1, 0.15) is 0 Å². The van der Waals surface area contributed by atoms with Gasteiger partial charge in [-0.2, -0.15) is 0 Å². The molecule has 1 aromatic rings. The van der Waals surface area contributed by atoms with Crippen LogP contribution in [0.25, 0.3) is 0 Å². The molecule has 0 aliphatic rings. The Morgan fingerprint density at radius 2 is 1.95 bits per heavy atom. The molecule has 0 aliphatic carbocycles. The number of carbonyl (C=O) groups is 1. The molecule has 0 unspecified atom stereocenters. The van der Waals surface area contributed by atoms with E-state index in [4.69, 9.17) is 0 Å². The molecule has 2 amide bonds. The summed E-state index contributed by atoms with van der Waals surface area (Å²) in [6.07, 6.45) is 0.963. The molecule has 1 rings (SSSR count). The van der Waals surface area contributed by atoms with Gasteiger partial charge in [0.15, 0.2) is 0 Å². The number of anilines is 1. The van der Waals surface area contributed by atoms with Crippen molar-refractivity contribution in [2.24, 2.45) is 0 Å². The van der Waals surface area contributed by atoms with Crippen molar-refractivity contribution in [3.05, 3.63) is 28.7 Å². The molecule has 0 heterocycles. The van der Waals surface area contributed by atoms with Crippen molar-refractivity contribution >= 4 is 27.6 Å². The Morgan fingerprint density at radius 1 is 1.26 bits per heavy atom. The third kappa shape index (κ3) is 6.07. The second-order valence-electron chi connectivity index (χ2n) is 4.24. The Kier molecular flexibility index (Phi) is 7.52. The summed E-state index contributed by atoms with van der Waals surface area (Å²) in [5.74, 6) is 0. The number of hydrogen-bond acceptors (Lipinski definition) is 2. The molecule has 19 heavy (non-hydrogen) atoms. The van der Waals surface area contributed by atoms with Crippen molar-refractivity contribution in [3.8, 4) is 0 Å². The summed E-state index contributed by atoms with van der Waals surface area (Å²) >= 11 is 3.40. The summed E-state index contributed by atoms with van der Waals surface area (Å²) in [4.78, 5) is 14.0. The van der Waals surface area contributed by atoms with E-state index in [1.165, 1.54) is 0 Å². The van der Waals surface area contributed by atoms with Crippen LogP contribution < -0.4 is 10.6 Å². The normalized spacial score (nSPS) is 10.5. The molecule has 0 aliphatic heterocycles. The molecule has 1 aromatic carbocycles. The molecule has 4 nitrogen and oxygen atoms in total. The number of urea groups is 1. The van der Waals surface area contributed by atoms with Crippen molar-refractivity contribution < 1.29 is 4.79 Å². The number of amides is 2. The largest absolute Gasteiger partial charge is 0.338 e. The fourth-order valence-electron chi connectivity index (χ4n) is 1.77. The van der Waals surface area contributed by atoms with E-state index in [1.54, 1.807) is 0 Å². The van der Waals surface area contributed by atoms with Gasteiger partial charge in [-0.25, -0.2) is 4.79 Å². The maximum atomic E-state index is 11.7. The van der Waals surface area contributed by atoms with Gasteiger partial charge in [-0.1, -0.05) is 26.0 Å².